The number of benzene rings is 2. The first-order valence-corrected chi connectivity index (χ1v) is 11.3. The van der Waals surface area contributed by atoms with Crippen LogP contribution in [0.15, 0.2) is 79.1 Å². The number of H-pyrrole nitrogens is 1. The molecule has 2 N–H and O–H groups in total. The van der Waals surface area contributed by atoms with Crippen molar-refractivity contribution in [2.24, 2.45) is 0 Å². The fraction of sp³-hybridized carbons (Fsp3) is 0.231. The fourth-order valence-electron chi connectivity index (χ4n) is 4.31. The van der Waals surface area contributed by atoms with Crippen molar-refractivity contribution in [1.29, 1.82) is 0 Å². The van der Waals surface area contributed by atoms with Crippen LogP contribution in [0.1, 0.15) is 24.6 Å². The number of amides is 1. The first-order valence-electron chi connectivity index (χ1n) is 11.3. The van der Waals surface area contributed by atoms with E-state index in [0.29, 0.717) is 18.3 Å². The van der Waals surface area contributed by atoms with Gasteiger partial charge in [0, 0.05) is 35.1 Å². The monoisotopic (exact) mass is 438 g/mol. The highest BCUT2D eigenvalue weighted by atomic mass is 16.2. The molecule has 1 amide bonds. The van der Waals surface area contributed by atoms with Crippen molar-refractivity contribution in [2.75, 3.05) is 25.0 Å². The smallest absolute Gasteiger partial charge is 0.238 e. The van der Waals surface area contributed by atoms with E-state index in [-0.39, 0.29) is 5.91 Å². The summed E-state index contributed by atoms with van der Waals surface area (Å²) >= 11 is 0. The summed E-state index contributed by atoms with van der Waals surface area (Å²) < 4.78 is 0. The zero-order valence-corrected chi connectivity index (χ0v) is 18.3. The molecule has 5 rings (SSSR count). The molecule has 0 atom stereocenters. The Morgan fingerprint density at radius 2 is 1.67 bits per heavy atom. The van der Waals surface area contributed by atoms with E-state index in [2.05, 4.69) is 37.5 Å². The van der Waals surface area contributed by atoms with Gasteiger partial charge in [0.25, 0.3) is 0 Å². The second kappa shape index (κ2) is 9.75. The molecule has 2 aromatic carbocycles. The minimum Gasteiger partial charge on any atom is -0.324 e. The largest absolute Gasteiger partial charge is 0.324 e. The predicted molar refractivity (Wildman–Crippen MR) is 129 cm³/mol. The topological polar surface area (TPSA) is 86.8 Å². The number of hydrogen-bond donors (Lipinski definition) is 2. The molecule has 7 heteroatoms. The number of nitrogens with one attached hydrogen (secondary N) is 2. The van der Waals surface area contributed by atoms with Gasteiger partial charge in [0.15, 0.2) is 5.82 Å². The zero-order chi connectivity index (χ0) is 22.5. The SMILES string of the molecule is O=C(CN1CCC(c2nc(-c3ccncc3)n[nH]2)CC1)Nc1ccccc1-c1ccccc1. The molecule has 166 valence electrons. The molecule has 1 saturated heterocycles. The third-order valence-corrected chi connectivity index (χ3v) is 6.07. The maximum absolute atomic E-state index is 12.8. The number of pyridine rings is 1. The van der Waals surface area contributed by atoms with Crippen molar-refractivity contribution in [3.63, 3.8) is 0 Å². The number of aromatic nitrogens is 4. The van der Waals surface area contributed by atoms with Crippen LogP contribution in [-0.2, 0) is 4.79 Å². The highest BCUT2D eigenvalue weighted by Gasteiger charge is 2.25. The van der Waals surface area contributed by atoms with E-state index in [4.69, 9.17) is 4.98 Å². The van der Waals surface area contributed by atoms with E-state index < -0.39 is 0 Å². The number of para-hydroxylation sites is 1. The average molecular weight is 439 g/mol. The summed E-state index contributed by atoms with van der Waals surface area (Å²) in [7, 11) is 0. The van der Waals surface area contributed by atoms with E-state index >= 15 is 0 Å². The maximum atomic E-state index is 12.8. The van der Waals surface area contributed by atoms with E-state index in [9.17, 15) is 4.79 Å². The molecular formula is C26H26N6O. The first-order chi connectivity index (χ1) is 16.3. The Morgan fingerprint density at radius 3 is 2.45 bits per heavy atom. The quantitative estimate of drug-likeness (QED) is 0.467. The van der Waals surface area contributed by atoms with Crippen molar-refractivity contribution in [2.45, 2.75) is 18.8 Å². The molecule has 1 aliphatic heterocycles. The van der Waals surface area contributed by atoms with Crippen LogP contribution in [0.4, 0.5) is 5.69 Å². The van der Waals surface area contributed by atoms with E-state index in [1.807, 2.05) is 54.6 Å². The summed E-state index contributed by atoms with van der Waals surface area (Å²) in [6.45, 7) is 2.09. The van der Waals surface area contributed by atoms with E-state index in [1.54, 1.807) is 12.4 Å². The highest BCUT2D eigenvalue weighted by molar-refractivity contribution is 5.96. The summed E-state index contributed by atoms with van der Waals surface area (Å²) in [4.78, 5) is 23.7. The van der Waals surface area contributed by atoms with Gasteiger partial charge in [-0.15, -0.1) is 0 Å². The molecule has 7 nitrogen and oxygen atoms in total. The lowest BCUT2D eigenvalue weighted by atomic mass is 9.96. The third kappa shape index (κ3) is 4.99. The highest BCUT2D eigenvalue weighted by Crippen LogP contribution is 2.29. The fourth-order valence-corrected chi connectivity index (χ4v) is 4.31. The molecule has 1 aliphatic rings. The number of rotatable bonds is 6. The molecule has 0 saturated carbocycles. The van der Waals surface area contributed by atoms with Crippen molar-refractivity contribution < 1.29 is 4.79 Å². The summed E-state index contributed by atoms with van der Waals surface area (Å²) in [6, 6.07) is 21.9. The molecule has 2 aromatic heterocycles. The summed E-state index contributed by atoms with van der Waals surface area (Å²) in [5.74, 6) is 1.96. The Balaban J connectivity index is 1.16. The van der Waals surface area contributed by atoms with Crippen LogP contribution in [0.25, 0.3) is 22.5 Å². The van der Waals surface area contributed by atoms with Gasteiger partial charge in [-0.05, 0) is 49.7 Å². The summed E-state index contributed by atoms with van der Waals surface area (Å²) in [6.07, 6.45) is 5.37. The van der Waals surface area contributed by atoms with Gasteiger partial charge in [-0.25, -0.2) is 4.98 Å². The van der Waals surface area contributed by atoms with Crippen LogP contribution in [-0.4, -0.2) is 50.6 Å². The van der Waals surface area contributed by atoms with Crippen molar-refractivity contribution in [1.82, 2.24) is 25.1 Å². The molecule has 0 aliphatic carbocycles. The number of likely N-dealkylation sites (tertiary alicyclic amines) is 1. The number of carbonyl (C=O) groups is 1. The summed E-state index contributed by atoms with van der Waals surface area (Å²) in [5.41, 5.74) is 3.92. The lowest BCUT2D eigenvalue weighted by molar-refractivity contribution is -0.117. The Labute approximate surface area is 192 Å². The van der Waals surface area contributed by atoms with Gasteiger partial charge in [-0.1, -0.05) is 48.5 Å². The normalized spacial score (nSPS) is 14.8. The number of aromatic amines is 1. The number of carbonyl (C=O) groups excluding carboxylic acids is 1. The van der Waals surface area contributed by atoms with E-state index in [0.717, 1.165) is 54.1 Å². The van der Waals surface area contributed by atoms with E-state index in [1.165, 1.54) is 0 Å². The van der Waals surface area contributed by atoms with Crippen molar-refractivity contribution in [3.05, 3.63) is 84.9 Å². The lowest BCUT2D eigenvalue weighted by Gasteiger charge is -2.30. The van der Waals surface area contributed by atoms with Crippen molar-refractivity contribution in [3.8, 4) is 22.5 Å². The maximum Gasteiger partial charge on any atom is 0.238 e. The van der Waals surface area contributed by atoms with Crippen LogP contribution in [0.2, 0.25) is 0 Å². The van der Waals surface area contributed by atoms with Gasteiger partial charge in [0.2, 0.25) is 5.91 Å². The van der Waals surface area contributed by atoms with Crippen LogP contribution in [0.5, 0.6) is 0 Å². The molecule has 0 bridgehead atoms. The number of anilines is 1. The molecule has 33 heavy (non-hydrogen) atoms. The second-order valence-electron chi connectivity index (χ2n) is 8.29. The molecule has 0 radical (unpaired) electrons. The Bertz CT molecular complexity index is 1200. The Morgan fingerprint density at radius 1 is 0.939 bits per heavy atom. The first kappa shape index (κ1) is 21.0. The average Bonchev–Trinajstić information content (AvgIpc) is 3.36. The van der Waals surface area contributed by atoms with Crippen LogP contribution < -0.4 is 5.32 Å². The molecule has 3 heterocycles. The standard InChI is InChI=1S/C26H26N6O/c33-24(28-23-9-5-4-8-22(23)19-6-2-1-3-7-19)18-32-16-12-21(13-17-32)26-29-25(30-31-26)20-10-14-27-15-11-20/h1-11,14-15,21H,12-13,16-18H2,(H,28,33)(H,29,30,31). The van der Waals surface area contributed by atoms with Crippen LogP contribution >= 0.6 is 0 Å². The molecule has 1 fully saturated rings. The van der Waals surface area contributed by atoms with Gasteiger partial charge >= 0.3 is 0 Å². The van der Waals surface area contributed by atoms with Gasteiger partial charge in [-0.3, -0.25) is 19.8 Å². The third-order valence-electron chi connectivity index (χ3n) is 6.07. The Hall–Kier alpha value is -3.84. The van der Waals surface area contributed by atoms with Gasteiger partial charge in [0.05, 0.1) is 6.54 Å². The number of hydrogen-bond acceptors (Lipinski definition) is 5. The minimum absolute atomic E-state index is 0.0106. The summed E-state index contributed by atoms with van der Waals surface area (Å²) in [5, 5.41) is 10.6. The van der Waals surface area contributed by atoms with Gasteiger partial charge in [0.1, 0.15) is 5.82 Å². The van der Waals surface area contributed by atoms with Crippen LogP contribution in [0, 0.1) is 0 Å². The minimum atomic E-state index is 0.0106. The zero-order valence-electron chi connectivity index (χ0n) is 18.3. The number of piperidine rings is 1. The molecule has 0 unspecified atom stereocenters. The van der Waals surface area contributed by atoms with Crippen molar-refractivity contribution >= 4 is 11.6 Å². The Kier molecular flexibility index (Phi) is 6.21. The molecular weight excluding hydrogens is 412 g/mol. The number of nitrogens with zero attached hydrogens (tertiary/aromatic N) is 4. The molecule has 0 spiro atoms. The lowest BCUT2D eigenvalue weighted by Crippen LogP contribution is -2.39. The van der Waals surface area contributed by atoms with Crippen LogP contribution in [0.3, 0.4) is 0 Å². The van der Waals surface area contributed by atoms with Gasteiger partial charge in [-0.2, -0.15) is 5.10 Å². The second-order valence-corrected chi connectivity index (χ2v) is 8.29. The van der Waals surface area contributed by atoms with Gasteiger partial charge < -0.3 is 5.32 Å². The molecule has 4 aromatic rings. The predicted octanol–water partition coefficient (Wildman–Crippen LogP) is 4.35.